The second kappa shape index (κ2) is 4.21. The summed E-state index contributed by atoms with van der Waals surface area (Å²) in [4.78, 5) is 11.4. The number of ketones is 1. The number of hydrogen-bond acceptors (Lipinski definition) is 4. The fourth-order valence-electron chi connectivity index (χ4n) is 1.39. The Morgan fingerprint density at radius 3 is 2.53 bits per heavy atom. The van der Waals surface area contributed by atoms with Gasteiger partial charge in [0.15, 0.2) is 5.78 Å². The Labute approximate surface area is 88.1 Å². The molecule has 0 unspecified atom stereocenters. The van der Waals surface area contributed by atoms with E-state index in [2.05, 4.69) is 0 Å². The standard InChI is InChI=1S/C11H14O4/c1-4-7(12)10-8(13)5-9(15-3)6(2)11(10)14/h5,13-14H,4H2,1-3H3. The van der Waals surface area contributed by atoms with Crippen LogP contribution < -0.4 is 4.74 Å². The van der Waals surface area contributed by atoms with Crippen molar-refractivity contribution in [2.24, 2.45) is 0 Å². The Bertz CT molecular complexity index is 396. The number of phenolic OH excluding ortho intramolecular Hbond substituents is 2. The molecule has 0 fully saturated rings. The highest BCUT2D eigenvalue weighted by atomic mass is 16.5. The highest BCUT2D eigenvalue weighted by molar-refractivity contribution is 6.01. The van der Waals surface area contributed by atoms with Gasteiger partial charge in [-0.2, -0.15) is 0 Å². The van der Waals surface area contributed by atoms with Gasteiger partial charge in [-0.05, 0) is 6.92 Å². The average Bonchev–Trinajstić information content (AvgIpc) is 2.23. The number of benzene rings is 1. The van der Waals surface area contributed by atoms with Gasteiger partial charge in [0.2, 0.25) is 0 Å². The second-order valence-corrected chi connectivity index (χ2v) is 3.22. The van der Waals surface area contributed by atoms with Crippen LogP contribution in [0.2, 0.25) is 0 Å². The van der Waals surface area contributed by atoms with Gasteiger partial charge in [-0.15, -0.1) is 0 Å². The predicted octanol–water partition coefficient (Wildman–Crippen LogP) is 2.01. The summed E-state index contributed by atoms with van der Waals surface area (Å²) < 4.78 is 4.94. The largest absolute Gasteiger partial charge is 0.507 e. The number of rotatable bonds is 3. The van der Waals surface area contributed by atoms with Crippen LogP contribution in [0.4, 0.5) is 0 Å². The summed E-state index contributed by atoms with van der Waals surface area (Å²) in [6, 6.07) is 1.33. The van der Waals surface area contributed by atoms with Gasteiger partial charge in [0, 0.05) is 18.1 Å². The molecule has 1 aromatic carbocycles. The van der Waals surface area contributed by atoms with E-state index >= 15 is 0 Å². The van der Waals surface area contributed by atoms with Crippen LogP contribution in [0.25, 0.3) is 0 Å². The van der Waals surface area contributed by atoms with Crippen LogP contribution >= 0.6 is 0 Å². The molecule has 4 nitrogen and oxygen atoms in total. The summed E-state index contributed by atoms with van der Waals surface area (Å²) >= 11 is 0. The second-order valence-electron chi connectivity index (χ2n) is 3.22. The molecule has 0 aliphatic carbocycles. The molecule has 4 heteroatoms. The van der Waals surface area contributed by atoms with Crippen LogP contribution in [0.3, 0.4) is 0 Å². The molecule has 15 heavy (non-hydrogen) atoms. The lowest BCUT2D eigenvalue weighted by Gasteiger charge is -2.11. The van der Waals surface area contributed by atoms with E-state index in [4.69, 9.17) is 4.74 Å². The Kier molecular flexibility index (Phi) is 3.19. The number of ether oxygens (including phenoxy) is 1. The zero-order valence-corrected chi connectivity index (χ0v) is 9.00. The third kappa shape index (κ3) is 1.88. The smallest absolute Gasteiger partial charge is 0.170 e. The molecule has 0 aliphatic heterocycles. The molecule has 0 amide bonds. The van der Waals surface area contributed by atoms with Crippen LogP contribution in [0, 0.1) is 6.92 Å². The third-order valence-electron chi connectivity index (χ3n) is 2.31. The lowest BCUT2D eigenvalue weighted by Crippen LogP contribution is -2.00. The van der Waals surface area contributed by atoms with Crippen molar-refractivity contribution in [1.82, 2.24) is 0 Å². The van der Waals surface area contributed by atoms with Crippen molar-refractivity contribution in [2.45, 2.75) is 20.3 Å². The van der Waals surface area contributed by atoms with E-state index in [0.717, 1.165) is 0 Å². The summed E-state index contributed by atoms with van der Waals surface area (Å²) in [5.74, 6) is -0.395. The number of phenols is 2. The molecule has 0 aromatic heterocycles. The van der Waals surface area contributed by atoms with Crippen molar-refractivity contribution in [3.05, 3.63) is 17.2 Å². The van der Waals surface area contributed by atoms with Crippen molar-refractivity contribution >= 4 is 5.78 Å². The molecule has 82 valence electrons. The minimum atomic E-state index is -0.296. The summed E-state index contributed by atoms with van der Waals surface area (Å²) in [5.41, 5.74) is 0.419. The van der Waals surface area contributed by atoms with Crippen molar-refractivity contribution in [3.63, 3.8) is 0 Å². The SMILES string of the molecule is CCC(=O)c1c(O)cc(OC)c(C)c1O. The Morgan fingerprint density at radius 1 is 1.47 bits per heavy atom. The first kappa shape index (κ1) is 11.4. The van der Waals surface area contributed by atoms with Crippen LogP contribution in [0.15, 0.2) is 6.07 Å². The Balaban J connectivity index is 3.42. The summed E-state index contributed by atoms with van der Waals surface area (Å²) in [5, 5.41) is 19.3. The molecular formula is C11H14O4. The minimum Gasteiger partial charge on any atom is -0.507 e. The van der Waals surface area contributed by atoms with Crippen molar-refractivity contribution < 1.29 is 19.7 Å². The number of Topliss-reactive ketones (excluding diaryl/α,β-unsaturated/α-hetero) is 1. The monoisotopic (exact) mass is 210 g/mol. The van der Waals surface area contributed by atoms with E-state index in [1.165, 1.54) is 13.2 Å². The number of carbonyl (C=O) groups is 1. The number of aromatic hydroxyl groups is 2. The lowest BCUT2D eigenvalue weighted by molar-refractivity contribution is 0.0982. The number of methoxy groups -OCH3 is 1. The molecular weight excluding hydrogens is 196 g/mol. The van der Waals surface area contributed by atoms with E-state index in [9.17, 15) is 15.0 Å². The first-order chi connectivity index (χ1) is 7.02. The maximum absolute atomic E-state index is 11.4. The van der Waals surface area contributed by atoms with E-state index in [1.807, 2.05) is 0 Å². The number of carbonyl (C=O) groups excluding carboxylic acids is 1. The molecule has 0 saturated carbocycles. The van der Waals surface area contributed by atoms with Gasteiger partial charge >= 0.3 is 0 Å². The van der Waals surface area contributed by atoms with Gasteiger partial charge < -0.3 is 14.9 Å². The van der Waals surface area contributed by atoms with Crippen molar-refractivity contribution in [2.75, 3.05) is 7.11 Å². The van der Waals surface area contributed by atoms with E-state index in [1.54, 1.807) is 13.8 Å². The zero-order chi connectivity index (χ0) is 11.6. The van der Waals surface area contributed by atoms with Crippen molar-refractivity contribution in [3.8, 4) is 17.2 Å². The third-order valence-corrected chi connectivity index (χ3v) is 2.31. The summed E-state index contributed by atoms with van der Waals surface area (Å²) in [6.45, 7) is 3.29. The van der Waals surface area contributed by atoms with Crippen LogP contribution in [0.5, 0.6) is 17.2 Å². The van der Waals surface area contributed by atoms with E-state index < -0.39 is 0 Å². The molecule has 0 saturated heterocycles. The Morgan fingerprint density at radius 2 is 2.07 bits per heavy atom. The summed E-state index contributed by atoms with van der Waals surface area (Å²) in [6.07, 6.45) is 0.229. The predicted molar refractivity (Wildman–Crippen MR) is 55.7 cm³/mol. The molecule has 0 aliphatic rings. The molecule has 0 atom stereocenters. The fraction of sp³-hybridized carbons (Fsp3) is 0.364. The molecule has 2 N–H and O–H groups in total. The molecule has 1 aromatic rings. The molecule has 0 heterocycles. The highest BCUT2D eigenvalue weighted by Gasteiger charge is 2.19. The molecule has 0 spiro atoms. The average molecular weight is 210 g/mol. The topological polar surface area (TPSA) is 66.8 Å². The van der Waals surface area contributed by atoms with Gasteiger partial charge in [-0.1, -0.05) is 6.92 Å². The lowest BCUT2D eigenvalue weighted by atomic mass is 10.0. The van der Waals surface area contributed by atoms with Gasteiger partial charge in [0.05, 0.1) is 7.11 Å². The first-order valence-corrected chi connectivity index (χ1v) is 4.65. The quantitative estimate of drug-likeness (QED) is 0.749. The number of hydrogen-bond donors (Lipinski definition) is 2. The molecule has 0 bridgehead atoms. The van der Waals surface area contributed by atoms with Gasteiger partial charge in [-0.25, -0.2) is 0 Å². The minimum absolute atomic E-state index is 0.0317. The van der Waals surface area contributed by atoms with Crippen LogP contribution in [-0.2, 0) is 0 Å². The molecule has 1 rings (SSSR count). The maximum Gasteiger partial charge on any atom is 0.170 e. The van der Waals surface area contributed by atoms with Gasteiger partial charge in [-0.3, -0.25) is 4.79 Å². The fourth-order valence-corrected chi connectivity index (χ4v) is 1.39. The molecule has 0 radical (unpaired) electrons. The summed E-state index contributed by atoms with van der Waals surface area (Å²) in [7, 11) is 1.43. The van der Waals surface area contributed by atoms with E-state index in [-0.39, 0.29) is 29.3 Å². The normalized spacial score (nSPS) is 10.1. The van der Waals surface area contributed by atoms with Gasteiger partial charge in [0.1, 0.15) is 22.8 Å². The van der Waals surface area contributed by atoms with Crippen molar-refractivity contribution in [1.29, 1.82) is 0 Å². The van der Waals surface area contributed by atoms with Crippen LogP contribution in [0.1, 0.15) is 29.3 Å². The first-order valence-electron chi connectivity index (χ1n) is 4.65. The van der Waals surface area contributed by atoms with E-state index in [0.29, 0.717) is 11.3 Å². The Hall–Kier alpha value is -1.71. The van der Waals surface area contributed by atoms with Crippen LogP contribution in [-0.4, -0.2) is 23.1 Å². The zero-order valence-electron chi connectivity index (χ0n) is 9.00. The van der Waals surface area contributed by atoms with Gasteiger partial charge in [0.25, 0.3) is 0 Å². The highest BCUT2D eigenvalue weighted by Crippen LogP contribution is 2.37. The maximum atomic E-state index is 11.4.